The van der Waals surface area contributed by atoms with Gasteiger partial charge in [0.05, 0.1) is 21.7 Å². The largest absolute Gasteiger partial charge is 0.454 e. The molecule has 2 aliphatic heterocycles. The van der Waals surface area contributed by atoms with Gasteiger partial charge in [-0.1, -0.05) is 25.5 Å². The standard InChI is InChI=1S/C30H35N7O8S/c1-3-4-11-33(2)46(42,43)30-18-24(36(38)39)7-8-25(30)32-31-19-22-5-9-26(27(16-22)37(40)41)35-14-12-34(13-15-35)20-23-6-10-28-29(17-23)45-21-44-28/h5-10,16-19,32H,3-4,11-15,20-21H2,1-2H3/b31-19-. The molecule has 3 aromatic rings. The molecule has 1 N–H and O–H groups in total. The number of non-ortho nitro benzene ring substituents is 1. The van der Waals surface area contributed by atoms with Crippen molar-refractivity contribution in [3.05, 3.63) is 86.0 Å². The van der Waals surface area contributed by atoms with Crippen LogP contribution < -0.4 is 19.8 Å². The van der Waals surface area contributed by atoms with Crippen LogP contribution in [-0.4, -0.2) is 80.2 Å². The van der Waals surface area contributed by atoms with E-state index in [0.717, 1.165) is 40.4 Å². The molecule has 15 nitrogen and oxygen atoms in total. The molecule has 0 radical (unpaired) electrons. The fourth-order valence-electron chi connectivity index (χ4n) is 5.25. The maximum atomic E-state index is 13.2. The molecule has 1 fully saturated rings. The highest BCUT2D eigenvalue weighted by Crippen LogP contribution is 2.34. The molecule has 244 valence electrons. The van der Waals surface area contributed by atoms with Gasteiger partial charge in [-0.05, 0) is 36.2 Å². The molecular formula is C30H35N7O8S. The van der Waals surface area contributed by atoms with Crippen molar-refractivity contribution in [3.63, 3.8) is 0 Å². The van der Waals surface area contributed by atoms with Gasteiger partial charge in [-0.3, -0.25) is 30.6 Å². The van der Waals surface area contributed by atoms with E-state index in [1.54, 1.807) is 12.1 Å². The molecule has 0 atom stereocenters. The van der Waals surface area contributed by atoms with Crippen molar-refractivity contribution in [2.24, 2.45) is 5.10 Å². The Morgan fingerprint density at radius 1 is 0.978 bits per heavy atom. The molecule has 2 heterocycles. The zero-order chi connectivity index (χ0) is 32.8. The van der Waals surface area contributed by atoms with Crippen LogP contribution in [0.3, 0.4) is 0 Å². The maximum absolute atomic E-state index is 13.2. The van der Waals surface area contributed by atoms with Crippen molar-refractivity contribution in [1.29, 1.82) is 0 Å². The van der Waals surface area contributed by atoms with Crippen molar-refractivity contribution < 1.29 is 27.7 Å². The highest BCUT2D eigenvalue weighted by molar-refractivity contribution is 7.89. The second-order valence-electron chi connectivity index (χ2n) is 10.9. The number of ether oxygens (including phenoxy) is 2. The van der Waals surface area contributed by atoms with Gasteiger partial charge < -0.3 is 14.4 Å². The van der Waals surface area contributed by atoms with Gasteiger partial charge in [0.15, 0.2) is 11.5 Å². The predicted octanol–water partition coefficient (Wildman–Crippen LogP) is 4.42. The van der Waals surface area contributed by atoms with Gasteiger partial charge in [-0.15, -0.1) is 0 Å². The van der Waals surface area contributed by atoms with E-state index < -0.39 is 19.9 Å². The van der Waals surface area contributed by atoms with Crippen LogP contribution in [0.1, 0.15) is 30.9 Å². The molecule has 1 saturated heterocycles. The normalized spacial score (nSPS) is 15.1. The Morgan fingerprint density at radius 2 is 1.74 bits per heavy atom. The molecule has 0 aromatic heterocycles. The summed E-state index contributed by atoms with van der Waals surface area (Å²) < 4.78 is 38.5. The second-order valence-corrected chi connectivity index (χ2v) is 13.0. The number of sulfonamides is 1. The Hall–Kier alpha value is -4.80. The van der Waals surface area contributed by atoms with Gasteiger partial charge >= 0.3 is 0 Å². The lowest BCUT2D eigenvalue weighted by atomic mass is 10.1. The minimum absolute atomic E-state index is 0.0370. The Kier molecular flexibility index (Phi) is 9.99. The fourth-order valence-corrected chi connectivity index (χ4v) is 6.62. The summed E-state index contributed by atoms with van der Waals surface area (Å²) in [6, 6.07) is 14.1. The maximum Gasteiger partial charge on any atom is 0.293 e. The first-order chi connectivity index (χ1) is 22.1. The number of benzene rings is 3. The smallest absolute Gasteiger partial charge is 0.293 e. The van der Waals surface area contributed by atoms with Crippen molar-refractivity contribution in [2.75, 3.05) is 56.9 Å². The zero-order valence-electron chi connectivity index (χ0n) is 25.5. The molecule has 0 amide bonds. The lowest BCUT2D eigenvalue weighted by Crippen LogP contribution is -2.46. The third-order valence-corrected chi connectivity index (χ3v) is 9.74. The number of nitrogens with zero attached hydrogens (tertiary/aromatic N) is 6. The molecule has 3 aromatic carbocycles. The number of hydrogen-bond acceptors (Lipinski definition) is 12. The second kappa shape index (κ2) is 14.1. The quantitative estimate of drug-likeness (QED) is 0.157. The molecule has 0 bridgehead atoms. The Labute approximate surface area is 266 Å². The van der Waals surface area contributed by atoms with Gasteiger partial charge in [0.1, 0.15) is 10.6 Å². The first-order valence-electron chi connectivity index (χ1n) is 14.7. The fraction of sp³-hybridized carbons (Fsp3) is 0.367. The van der Waals surface area contributed by atoms with E-state index in [4.69, 9.17) is 9.47 Å². The Bertz CT molecular complexity index is 1740. The summed E-state index contributed by atoms with van der Waals surface area (Å²) in [5.74, 6) is 1.47. The average molecular weight is 654 g/mol. The summed E-state index contributed by atoms with van der Waals surface area (Å²) in [6.45, 7) is 5.75. The number of anilines is 2. The SMILES string of the molecule is CCCCN(C)S(=O)(=O)c1cc([N+](=O)[O-])ccc1N/N=C\c1ccc(N2CCN(Cc3ccc4c(c3)OCO4)CC2)c([N+](=O)[O-])c1. The van der Waals surface area contributed by atoms with Crippen LogP contribution in [0.2, 0.25) is 0 Å². The average Bonchev–Trinajstić information content (AvgIpc) is 3.52. The Morgan fingerprint density at radius 3 is 2.46 bits per heavy atom. The molecule has 46 heavy (non-hydrogen) atoms. The first-order valence-corrected chi connectivity index (χ1v) is 16.2. The third kappa shape index (κ3) is 7.35. The number of piperazine rings is 1. The number of nitro groups is 2. The van der Waals surface area contributed by atoms with Crippen LogP contribution in [-0.2, 0) is 16.6 Å². The molecule has 0 unspecified atom stereocenters. The lowest BCUT2D eigenvalue weighted by Gasteiger charge is -2.35. The van der Waals surface area contributed by atoms with Crippen LogP contribution in [0.25, 0.3) is 0 Å². The summed E-state index contributed by atoms with van der Waals surface area (Å²) in [6.07, 6.45) is 2.73. The van der Waals surface area contributed by atoms with Crippen molar-refractivity contribution in [1.82, 2.24) is 9.21 Å². The molecule has 0 spiro atoms. The number of nitrogens with one attached hydrogen (secondary N) is 1. The number of hydrazone groups is 1. The van der Waals surface area contributed by atoms with Crippen molar-refractivity contribution >= 4 is 39.0 Å². The molecule has 0 saturated carbocycles. The summed E-state index contributed by atoms with van der Waals surface area (Å²) in [5.41, 5.74) is 4.24. The van der Waals surface area contributed by atoms with Crippen molar-refractivity contribution in [3.8, 4) is 11.5 Å². The minimum Gasteiger partial charge on any atom is -0.454 e. The Balaban J connectivity index is 1.27. The summed E-state index contributed by atoms with van der Waals surface area (Å²) in [5, 5.41) is 27.5. The van der Waals surface area contributed by atoms with E-state index in [2.05, 4.69) is 15.4 Å². The van der Waals surface area contributed by atoms with Gasteiger partial charge in [0, 0.05) is 70.1 Å². The number of rotatable bonds is 13. The summed E-state index contributed by atoms with van der Waals surface area (Å²) >= 11 is 0. The number of fused-ring (bicyclic) bond motifs is 1. The van der Waals surface area contributed by atoms with E-state index in [1.807, 2.05) is 30.0 Å². The molecule has 5 rings (SSSR count). The topological polar surface area (TPSA) is 173 Å². The van der Waals surface area contributed by atoms with Crippen LogP contribution >= 0.6 is 0 Å². The van der Waals surface area contributed by atoms with Gasteiger partial charge in [0.2, 0.25) is 16.8 Å². The van der Waals surface area contributed by atoms with Gasteiger partial charge in [-0.25, -0.2) is 12.7 Å². The van der Waals surface area contributed by atoms with E-state index in [0.29, 0.717) is 43.9 Å². The van der Waals surface area contributed by atoms with Crippen LogP contribution in [0.4, 0.5) is 22.7 Å². The van der Waals surface area contributed by atoms with E-state index in [-0.39, 0.29) is 35.3 Å². The highest BCUT2D eigenvalue weighted by atomic mass is 32.2. The number of unbranched alkanes of at least 4 members (excludes halogenated alkanes) is 1. The first kappa shape index (κ1) is 32.6. The van der Waals surface area contributed by atoms with Gasteiger partial charge in [0.25, 0.3) is 11.4 Å². The zero-order valence-corrected chi connectivity index (χ0v) is 26.3. The molecule has 16 heteroatoms. The van der Waals surface area contributed by atoms with Gasteiger partial charge in [-0.2, -0.15) is 5.10 Å². The van der Waals surface area contributed by atoms with Crippen molar-refractivity contribution in [2.45, 2.75) is 31.2 Å². The summed E-state index contributed by atoms with van der Waals surface area (Å²) in [7, 11) is -2.66. The third-order valence-electron chi connectivity index (χ3n) is 7.84. The lowest BCUT2D eigenvalue weighted by molar-refractivity contribution is -0.385. The van der Waals surface area contributed by atoms with Crippen LogP contribution in [0.5, 0.6) is 11.5 Å². The molecule has 0 aliphatic carbocycles. The highest BCUT2D eigenvalue weighted by Gasteiger charge is 2.27. The predicted molar refractivity (Wildman–Crippen MR) is 172 cm³/mol. The summed E-state index contributed by atoms with van der Waals surface area (Å²) in [4.78, 5) is 26.3. The number of hydrogen-bond donors (Lipinski definition) is 1. The van der Waals surface area contributed by atoms with E-state index in [9.17, 15) is 28.6 Å². The van der Waals surface area contributed by atoms with E-state index in [1.165, 1.54) is 31.5 Å². The minimum atomic E-state index is -4.07. The van der Waals surface area contributed by atoms with Crippen LogP contribution in [0.15, 0.2) is 64.6 Å². The van der Waals surface area contributed by atoms with E-state index >= 15 is 0 Å². The molecular weight excluding hydrogens is 618 g/mol. The monoisotopic (exact) mass is 653 g/mol. The molecule has 2 aliphatic rings. The van der Waals surface area contributed by atoms with Crippen LogP contribution in [0, 0.1) is 20.2 Å². The number of nitro benzene ring substituents is 2.